The highest BCUT2D eigenvalue weighted by atomic mass is 32.2. The van der Waals surface area contributed by atoms with Crippen LogP contribution in [0.3, 0.4) is 0 Å². The number of carbonyl (C=O) groups is 2. The number of amides is 3. The first kappa shape index (κ1) is 22.6. The summed E-state index contributed by atoms with van der Waals surface area (Å²) in [6.07, 6.45) is 6.69. The third-order valence-corrected chi connectivity index (χ3v) is 7.52. The predicted octanol–water partition coefficient (Wildman–Crippen LogP) is 1.05. The molecule has 0 radical (unpaired) electrons. The zero-order valence-electron chi connectivity index (χ0n) is 18.4. The van der Waals surface area contributed by atoms with Gasteiger partial charge in [-0.3, -0.25) is 0 Å². The Bertz CT molecular complexity index is 1140. The molecule has 1 aliphatic heterocycles. The molecule has 11 heteroatoms. The largest absolute Gasteiger partial charge is 0.501 e. The first-order chi connectivity index (χ1) is 15.1. The van der Waals surface area contributed by atoms with Crippen molar-refractivity contribution in [1.29, 1.82) is 0 Å². The van der Waals surface area contributed by atoms with E-state index in [-0.39, 0.29) is 11.4 Å². The van der Waals surface area contributed by atoms with Crippen LogP contribution in [-0.4, -0.2) is 66.4 Å². The number of imide groups is 1. The quantitative estimate of drug-likeness (QED) is 0.415. The molecule has 0 bridgehead atoms. The van der Waals surface area contributed by atoms with Gasteiger partial charge in [-0.1, -0.05) is 5.16 Å². The van der Waals surface area contributed by atoms with Gasteiger partial charge in [-0.2, -0.15) is 14.3 Å². The molecule has 1 unspecified atom stereocenters. The standard InChI is InChI=1S/C21H28N5O5S/c1-14-11-15(31-23-14)13-26-19(27)17-12-16(32(29,30)24-21(2)7-8-21)5-6-18(17)25(20(26)28)10-4-9-22-3/h5-6,11-12,17,22,24H,4,7-10,13H2,1-3H3/q+1. The van der Waals surface area contributed by atoms with Crippen molar-refractivity contribution in [1.82, 2.24) is 20.1 Å². The number of urea groups is 1. The molecule has 2 N–H and O–H groups in total. The normalized spacial score (nSPS) is 22.3. The number of nitrogens with zero attached hydrogens (tertiary/aromatic N) is 3. The lowest BCUT2D eigenvalue weighted by molar-refractivity contribution is -0.440. The van der Waals surface area contributed by atoms with Crippen LogP contribution in [-0.2, 0) is 21.4 Å². The van der Waals surface area contributed by atoms with E-state index < -0.39 is 33.4 Å². The molecule has 1 aromatic heterocycles. The number of rotatable bonds is 9. The SMILES string of the molecule is CNCCC[N+]1=C2C=CC(S(=O)(=O)NC3(C)CC3)=CC2C(=O)N(Cc2cc(C)no2)C1=O. The second-order valence-electron chi connectivity index (χ2n) is 8.72. The molecule has 0 aromatic carbocycles. The highest BCUT2D eigenvalue weighted by Gasteiger charge is 2.49. The second kappa shape index (κ2) is 8.38. The van der Waals surface area contributed by atoms with Crippen LogP contribution in [0.5, 0.6) is 0 Å². The van der Waals surface area contributed by atoms with Crippen molar-refractivity contribution < 1.29 is 27.1 Å². The molecule has 3 aliphatic rings. The first-order valence-electron chi connectivity index (χ1n) is 10.6. The zero-order valence-corrected chi connectivity index (χ0v) is 19.2. The molecule has 1 aromatic rings. The van der Waals surface area contributed by atoms with Gasteiger partial charge in [0.05, 0.1) is 17.1 Å². The second-order valence-corrected chi connectivity index (χ2v) is 10.4. The van der Waals surface area contributed by atoms with E-state index >= 15 is 0 Å². The van der Waals surface area contributed by atoms with Gasteiger partial charge in [0.1, 0.15) is 11.6 Å². The Balaban J connectivity index is 1.68. The first-order valence-corrected chi connectivity index (χ1v) is 12.1. The van der Waals surface area contributed by atoms with Gasteiger partial charge in [0.25, 0.3) is 0 Å². The summed E-state index contributed by atoms with van der Waals surface area (Å²) in [7, 11) is -1.96. The molecule has 1 atom stereocenters. The summed E-state index contributed by atoms with van der Waals surface area (Å²) >= 11 is 0. The van der Waals surface area contributed by atoms with Gasteiger partial charge >= 0.3 is 11.9 Å². The fourth-order valence-corrected chi connectivity index (χ4v) is 5.37. The van der Waals surface area contributed by atoms with Crippen LogP contribution >= 0.6 is 0 Å². The Morgan fingerprint density at radius 3 is 2.69 bits per heavy atom. The van der Waals surface area contributed by atoms with E-state index in [2.05, 4.69) is 15.2 Å². The highest BCUT2D eigenvalue weighted by Crippen LogP contribution is 2.36. The average molecular weight is 463 g/mol. The van der Waals surface area contributed by atoms with Crippen LogP contribution in [0.25, 0.3) is 0 Å². The number of hydrogen-bond acceptors (Lipinski definition) is 7. The fourth-order valence-electron chi connectivity index (χ4n) is 3.83. The van der Waals surface area contributed by atoms with Crippen LogP contribution in [0.15, 0.2) is 33.7 Å². The summed E-state index contributed by atoms with van der Waals surface area (Å²) in [5.74, 6) is -0.984. The Kier molecular flexibility index (Phi) is 5.91. The third kappa shape index (κ3) is 4.45. The molecule has 1 fully saturated rings. The molecule has 0 spiro atoms. The van der Waals surface area contributed by atoms with Gasteiger partial charge < -0.3 is 9.84 Å². The van der Waals surface area contributed by atoms with Crippen molar-refractivity contribution in [2.45, 2.75) is 45.2 Å². The van der Waals surface area contributed by atoms with Crippen molar-refractivity contribution in [3.8, 4) is 0 Å². The molecule has 4 rings (SSSR count). The van der Waals surface area contributed by atoms with Crippen LogP contribution in [0.2, 0.25) is 0 Å². The van der Waals surface area contributed by atoms with Crippen LogP contribution < -0.4 is 10.0 Å². The number of sulfonamides is 1. The van der Waals surface area contributed by atoms with E-state index in [0.29, 0.717) is 36.7 Å². The topological polar surface area (TPSA) is 125 Å². The van der Waals surface area contributed by atoms with Crippen LogP contribution in [0.1, 0.15) is 37.6 Å². The molecular formula is C21H28N5O5S+. The Hall–Kier alpha value is -2.63. The van der Waals surface area contributed by atoms with Crippen LogP contribution in [0, 0.1) is 12.8 Å². The lowest BCUT2D eigenvalue weighted by atomic mass is 9.94. The number of aromatic nitrogens is 1. The molecule has 1 saturated carbocycles. The van der Waals surface area contributed by atoms with Crippen molar-refractivity contribution in [2.75, 3.05) is 20.1 Å². The Morgan fingerprint density at radius 2 is 2.06 bits per heavy atom. The summed E-state index contributed by atoms with van der Waals surface area (Å²) in [6.45, 7) is 4.62. The van der Waals surface area contributed by atoms with E-state index in [9.17, 15) is 18.0 Å². The molecule has 32 heavy (non-hydrogen) atoms. The summed E-state index contributed by atoms with van der Waals surface area (Å²) in [5, 5.41) is 6.86. The van der Waals surface area contributed by atoms with Gasteiger partial charge in [-0.15, -0.1) is 0 Å². The number of fused-ring (bicyclic) bond motifs is 1. The number of hydrogen-bond donors (Lipinski definition) is 2. The number of carbonyl (C=O) groups excluding carboxylic acids is 2. The predicted molar refractivity (Wildman–Crippen MR) is 116 cm³/mol. The molecular weight excluding hydrogens is 434 g/mol. The molecule has 0 saturated heterocycles. The number of aryl methyl sites for hydroxylation is 1. The molecule has 2 heterocycles. The fraction of sp³-hybridized carbons (Fsp3) is 0.524. The Morgan fingerprint density at radius 1 is 1.31 bits per heavy atom. The zero-order chi connectivity index (χ0) is 23.1. The van der Waals surface area contributed by atoms with Gasteiger partial charge in [0.15, 0.2) is 12.3 Å². The maximum atomic E-state index is 13.3. The van der Waals surface area contributed by atoms with Crippen molar-refractivity contribution in [3.05, 3.63) is 40.7 Å². The van der Waals surface area contributed by atoms with E-state index in [4.69, 9.17) is 4.52 Å². The number of allylic oxidation sites excluding steroid dienone is 2. The van der Waals surface area contributed by atoms with Gasteiger partial charge in [0, 0.05) is 11.6 Å². The Labute approximate surface area is 187 Å². The van der Waals surface area contributed by atoms with E-state index in [1.807, 2.05) is 14.0 Å². The number of nitrogens with one attached hydrogen (secondary N) is 2. The lowest BCUT2D eigenvalue weighted by Gasteiger charge is -2.27. The van der Waals surface area contributed by atoms with Crippen molar-refractivity contribution in [3.63, 3.8) is 0 Å². The average Bonchev–Trinajstić information content (AvgIpc) is 3.31. The summed E-state index contributed by atoms with van der Waals surface area (Å²) in [6, 6.07) is 1.21. The monoisotopic (exact) mass is 462 g/mol. The minimum atomic E-state index is -3.78. The third-order valence-electron chi connectivity index (χ3n) is 5.86. The highest BCUT2D eigenvalue weighted by molar-refractivity contribution is 7.93. The molecule has 172 valence electrons. The maximum Gasteiger partial charge on any atom is 0.501 e. The summed E-state index contributed by atoms with van der Waals surface area (Å²) < 4.78 is 35.2. The van der Waals surface area contributed by atoms with Crippen molar-refractivity contribution in [2.24, 2.45) is 5.92 Å². The van der Waals surface area contributed by atoms with Gasteiger partial charge in [-0.25, -0.2) is 17.9 Å². The molecule has 3 amide bonds. The molecule has 10 nitrogen and oxygen atoms in total. The molecule has 2 aliphatic carbocycles. The van der Waals surface area contributed by atoms with E-state index in [1.165, 1.54) is 12.2 Å². The lowest BCUT2D eigenvalue weighted by Crippen LogP contribution is -2.54. The summed E-state index contributed by atoms with van der Waals surface area (Å²) in [5.41, 5.74) is 0.695. The van der Waals surface area contributed by atoms with E-state index in [0.717, 1.165) is 17.7 Å². The maximum absolute atomic E-state index is 13.3. The smallest absolute Gasteiger partial charge is 0.357 e. The van der Waals surface area contributed by atoms with Crippen LogP contribution in [0.4, 0.5) is 4.79 Å². The van der Waals surface area contributed by atoms with Gasteiger partial charge in [-0.05, 0) is 64.9 Å². The minimum Gasteiger partial charge on any atom is -0.357 e. The van der Waals surface area contributed by atoms with Gasteiger partial charge in [0.2, 0.25) is 10.0 Å². The van der Waals surface area contributed by atoms with E-state index in [1.54, 1.807) is 23.6 Å². The summed E-state index contributed by atoms with van der Waals surface area (Å²) in [4.78, 5) is 27.7. The minimum absolute atomic E-state index is 0.0349. The van der Waals surface area contributed by atoms with Crippen molar-refractivity contribution >= 4 is 27.7 Å².